The van der Waals surface area contributed by atoms with Gasteiger partial charge in [-0.15, -0.1) is 0 Å². The van der Waals surface area contributed by atoms with Crippen LogP contribution in [0.2, 0.25) is 0 Å². The van der Waals surface area contributed by atoms with Crippen LogP contribution in [0.4, 0.5) is 11.4 Å². The fourth-order valence-corrected chi connectivity index (χ4v) is 5.51. The highest BCUT2D eigenvalue weighted by molar-refractivity contribution is 7.92. The number of nitrogens with one attached hydrogen (secondary N) is 3. The number of nitrogens with zero attached hydrogens (tertiary/aromatic N) is 1. The average Bonchev–Trinajstić information content (AvgIpc) is 3.32. The molecule has 0 aliphatic carbocycles. The first-order valence-electron chi connectivity index (χ1n) is 11.1. The molecule has 0 radical (unpaired) electrons. The fourth-order valence-electron chi connectivity index (χ4n) is 4.04. The lowest BCUT2D eigenvalue weighted by Gasteiger charge is -2.23. The molecule has 1 fully saturated rings. The molecule has 1 aliphatic heterocycles. The Hall–Kier alpha value is -3.40. The van der Waals surface area contributed by atoms with E-state index in [2.05, 4.69) is 16.2 Å². The molecule has 4 rings (SSSR count). The zero-order valence-electron chi connectivity index (χ0n) is 19.0. The first-order valence-corrected chi connectivity index (χ1v) is 12.5. The topological polar surface area (TPSA) is 111 Å². The number of rotatable bonds is 7. The van der Waals surface area contributed by atoms with E-state index in [1.807, 2.05) is 25.1 Å². The van der Waals surface area contributed by atoms with E-state index < -0.39 is 16.1 Å². The Morgan fingerprint density at radius 3 is 2.44 bits per heavy atom. The van der Waals surface area contributed by atoms with Crippen molar-refractivity contribution in [2.24, 2.45) is 0 Å². The molecule has 0 bridgehead atoms. The van der Waals surface area contributed by atoms with Crippen LogP contribution in [0.1, 0.15) is 30.5 Å². The van der Waals surface area contributed by atoms with Crippen LogP contribution in [0.15, 0.2) is 77.7 Å². The summed E-state index contributed by atoms with van der Waals surface area (Å²) in [5.74, 6) is -0.0726. The highest BCUT2D eigenvalue weighted by Gasteiger charge is 2.31. The van der Waals surface area contributed by atoms with E-state index in [-0.39, 0.29) is 22.6 Å². The Kier molecular flexibility index (Phi) is 6.87. The number of sulfonamides is 1. The van der Waals surface area contributed by atoms with Crippen molar-refractivity contribution in [1.29, 1.82) is 0 Å². The van der Waals surface area contributed by atoms with Gasteiger partial charge in [0.05, 0.1) is 16.6 Å². The fraction of sp³-hybridized carbons (Fsp3) is 0.240. The first-order chi connectivity index (χ1) is 16.3. The number of benzene rings is 3. The normalized spacial score (nSPS) is 17.9. The second-order valence-corrected chi connectivity index (χ2v) is 10.1. The number of phenolic OH excluding ortho intramolecular Hbond substituents is 1. The van der Waals surface area contributed by atoms with E-state index in [4.69, 9.17) is 0 Å². The summed E-state index contributed by atoms with van der Waals surface area (Å²) in [5, 5.41) is 13.0. The minimum Gasteiger partial charge on any atom is -0.508 e. The number of aryl methyl sites for hydroxylation is 1. The number of carbonyl (C=O) groups excluding carboxylic acids is 1. The van der Waals surface area contributed by atoms with Gasteiger partial charge in [0.25, 0.3) is 10.0 Å². The van der Waals surface area contributed by atoms with E-state index in [1.165, 1.54) is 16.4 Å². The van der Waals surface area contributed by atoms with Crippen LogP contribution in [-0.2, 0) is 14.8 Å². The summed E-state index contributed by atoms with van der Waals surface area (Å²) in [6.07, 6.45) is 0.456. The maximum atomic E-state index is 13.1. The quantitative estimate of drug-likeness (QED) is 0.412. The second kappa shape index (κ2) is 9.84. The molecular formula is C25H28N4O4S. The average molecular weight is 481 g/mol. The summed E-state index contributed by atoms with van der Waals surface area (Å²) < 4.78 is 27.6. The highest BCUT2D eigenvalue weighted by atomic mass is 32.2. The molecule has 1 amide bonds. The smallest absolute Gasteiger partial charge is 0.264 e. The Morgan fingerprint density at radius 2 is 1.76 bits per heavy atom. The molecule has 1 saturated heterocycles. The molecule has 0 spiro atoms. The number of hydrazine groups is 1. The van der Waals surface area contributed by atoms with Crippen LogP contribution in [0, 0.1) is 6.92 Å². The van der Waals surface area contributed by atoms with Crippen LogP contribution in [0.25, 0.3) is 0 Å². The van der Waals surface area contributed by atoms with Gasteiger partial charge in [0, 0.05) is 17.8 Å². The molecule has 2 unspecified atom stereocenters. The maximum Gasteiger partial charge on any atom is 0.264 e. The van der Waals surface area contributed by atoms with Crippen LogP contribution in [0.3, 0.4) is 0 Å². The number of phenols is 1. The number of anilines is 2. The molecule has 0 aromatic heterocycles. The Bertz CT molecular complexity index is 1260. The Morgan fingerprint density at radius 1 is 1.06 bits per heavy atom. The molecule has 178 valence electrons. The SMILES string of the molecule is CCN(c1ccccc1)S(=O)(=O)c1ccc(NC(=O)C2CC(c3cc(C)ccc3O)NN2)cc1. The van der Waals surface area contributed by atoms with Gasteiger partial charge < -0.3 is 10.4 Å². The number of amides is 1. The monoisotopic (exact) mass is 480 g/mol. The number of para-hydroxylation sites is 1. The van der Waals surface area contributed by atoms with Crippen molar-refractivity contribution < 1.29 is 18.3 Å². The lowest BCUT2D eigenvalue weighted by atomic mass is 9.99. The van der Waals surface area contributed by atoms with Crippen molar-refractivity contribution in [2.45, 2.75) is 37.2 Å². The Balaban J connectivity index is 1.43. The van der Waals surface area contributed by atoms with Crippen molar-refractivity contribution in [3.05, 3.63) is 83.9 Å². The number of hydrogen-bond acceptors (Lipinski definition) is 6. The zero-order chi connectivity index (χ0) is 24.3. The first kappa shape index (κ1) is 23.7. The third kappa shape index (κ3) is 4.91. The van der Waals surface area contributed by atoms with Gasteiger partial charge in [-0.3, -0.25) is 9.10 Å². The van der Waals surface area contributed by atoms with Crippen molar-refractivity contribution >= 4 is 27.3 Å². The van der Waals surface area contributed by atoms with Gasteiger partial charge >= 0.3 is 0 Å². The predicted molar refractivity (Wildman–Crippen MR) is 132 cm³/mol. The number of aromatic hydroxyl groups is 1. The van der Waals surface area contributed by atoms with Gasteiger partial charge in [0.1, 0.15) is 11.8 Å². The number of hydrogen-bond donors (Lipinski definition) is 4. The van der Waals surface area contributed by atoms with Gasteiger partial charge in [0.2, 0.25) is 5.91 Å². The summed E-state index contributed by atoms with van der Waals surface area (Å²) in [5.41, 5.74) is 8.88. The van der Waals surface area contributed by atoms with Crippen molar-refractivity contribution in [2.75, 3.05) is 16.2 Å². The van der Waals surface area contributed by atoms with E-state index in [9.17, 15) is 18.3 Å². The van der Waals surface area contributed by atoms with E-state index in [0.717, 1.165) is 11.1 Å². The van der Waals surface area contributed by atoms with Gasteiger partial charge in [0.15, 0.2) is 0 Å². The van der Waals surface area contributed by atoms with Gasteiger partial charge in [-0.1, -0.05) is 35.9 Å². The predicted octanol–water partition coefficient (Wildman–Crippen LogP) is 3.46. The molecule has 4 N–H and O–H groups in total. The lowest BCUT2D eigenvalue weighted by Crippen LogP contribution is -2.39. The third-order valence-electron chi connectivity index (χ3n) is 5.82. The van der Waals surface area contributed by atoms with Gasteiger partial charge in [-0.05, 0) is 62.7 Å². The summed E-state index contributed by atoms with van der Waals surface area (Å²) in [4.78, 5) is 12.9. The van der Waals surface area contributed by atoms with E-state index >= 15 is 0 Å². The molecule has 8 nitrogen and oxygen atoms in total. The zero-order valence-corrected chi connectivity index (χ0v) is 19.8. The molecule has 34 heavy (non-hydrogen) atoms. The largest absolute Gasteiger partial charge is 0.508 e. The molecule has 9 heteroatoms. The number of carbonyl (C=O) groups is 1. The summed E-state index contributed by atoms with van der Waals surface area (Å²) in [6.45, 7) is 4.02. The van der Waals surface area contributed by atoms with E-state index in [1.54, 1.807) is 49.4 Å². The minimum atomic E-state index is -3.74. The molecular weight excluding hydrogens is 452 g/mol. The molecule has 1 aliphatic rings. The lowest BCUT2D eigenvalue weighted by molar-refractivity contribution is -0.117. The third-order valence-corrected chi connectivity index (χ3v) is 7.74. The summed E-state index contributed by atoms with van der Waals surface area (Å²) in [6, 6.07) is 19.7. The highest BCUT2D eigenvalue weighted by Crippen LogP contribution is 2.31. The molecule has 0 saturated carbocycles. The molecule has 2 atom stereocenters. The Labute approximate surface area is 199 Å². The summed E-state index contributed by atoms with van der Waals surface area (Å²) in [7, 11) is -3.74. The molecule has 3 aromatic carbocycles. The van der Waals surface area contributed by atoms with Crippen LogP contribution < -0.4 is 20.5 Å². The van der Waals surface area contributed by atoms with Crippen molar-refractivity contribution in [3.63, 3.8) is 0 Å². The second-order valence-electron chi connectivity index (χ2n) is 8.21. The van der Waals surface area contributed by atoms with Crippen LogP contribution in [-0.4, -0.2) is 32.0 Å². The van der Waals surface area contributed by atoms with Crippen molar-refractivity contribution in [3.8, 4) is 5.75 Å². The summed E-state index contributed by atoms with van der Waals surface area (Å²) >= 11 is 0. The van der Waals surface area contributed by atoms with Gasteiger partial charge in [-0.2, -0.15) is 0 Å². The molecule has 3 aromatic rings. The maximum absolute atomic E-state index is 13.1. The standard InChI is InChI=1S/C25H28N4O4S/c1-3-29(19-7-5-4-6-8-19)34(32,33)20-12-10-18(11-13-20)26-25(31)23-16-22(27-28-23)21-15-17(2)9-14-24(21)30/h4-15,22-23,27-28,30H,3,16H2,1-2H3,(H,26,31). The van der Waals surface area contributed by atoms with E-state index in [0.29, 0.717) is 24.3 Å². The van der Waals surface area contributed by atoms with Crippen LogP contribution in [0.5, 0.6) is 5.75 Å². The molecule has 1 heterocycles. The van der Waals surface area contributed by atoms with Gasteiger partial charge in [-0.25, -0.2) is 19.3 Å². The van der Waals surface area contributed by atoms with Crippen LogP contribution >= 0.6 is 0 Å². The van der Waals surface area contributed by atoms with Crippen molar-refractivity contribution in [1.82, 2.24) is 10.9 Å². The minimum absolute atomic E-state index is 0.145.